The monoisotopic (exact) mass is 775 g/mol. The van der Waals surface area contributed by atoms with Crippen LogP contribution in [0.4, 0.5) is 10.5 Å². The number of nitro groups is 1. The zero-order chi connectivity index (χ0) is 41.4. The Bertz CT molecular complexity index is 2000. The molecule has 0 radical (unpaired) electrons. The number of aryl methyl sites for hydroxylation is 1. The molecule has 3 aromatic carbocycles. The van der Waals surface area contributed by atoms with Gasteiger partial charge < -0.3 is 34.5 Å². The number of hydrogen-bond donors (Lipinski definition) is 5. The fourth-order valence-corrected chi connectivity index (χ4v) is 4.92. The number of carbonyl (C=O) groups excluding carboxylic acids is 2. The number of furan rings is 1. The van der Waals surface area contributed by atoms with Crippen LogP contribution in [0.3, 0.4) is 0 Å². The van der Waals surface area contributed by atoms with Crippen molar-refractivity contribution in [2.45, 2.75) is 31.5 Å². The van der Waals surface area contributed by atoms with Gasteiger partial charge in [0.15, 0.2) is 5.60 Å². The number of imide groups is 1. The molecule has 1 aromatic heterocycles. The first-order valence-electron chi connectivity index (χ1n) is 16.7. The lowest BCUT2D eigenvalue weighted by Gasteiger charge is -2.22. The molecule has 1 aliphatic rings. The summed E-state index contributed by atoms with van der Waals surface area (Å²) in [4.78, 5) is 65.1. The van der Waals surface area contributed by atoms with E-state index in [1.165, 1.54) is 35.0 Å². The van der Waals surface area contributed by atoms with Gasteiger partial charge in [0, 0.05) is 24.2 Å². The van der Waals surface area contributed by atoms with Crippen LogP contribution in [0, 0.1) is 17.0 Å². The molecule has 1 saturated heterocycles. The maximum absolute atomic E-state index is 11.3. The van der Waals surface area contributed by atoms with E-state index < -0.39 is 53.2 Å². The minimum absolute atomic E-state index is 0.00759. The molecule has 296 valence electrons. The van der Waals surface area contributed by atoms with Crippen LogP contribution in [-0.2, 0) is 23.9 Å². The second-order valence-electron chi connectivity index (χ2n) is 12.5. The van der Waals surface area contributed by atoms with Gasteiger partial charge in [-0.05, 0) is 62.0 Å². The number of likely N-dealkylation sites (N-methyl/N-ethyl adjacent to an activating group) is 1. The molecular formula is C38H41N5O13. The lowest BCUT2D eigenvalue weighted by Crippen LogP contribution is -2.42. The normalized spacial score (nSPS) is 13.0. The van der Waals surface area contributed by atoms with Gasteiger partial charge in [-0.3, -0.25) is 29.8 Å². The van der Waals surface area contributed by atoms with Gasteiger partial charge in [-0.25, -0.2) is 14.6 Å². The van der Waals surface area contributed by atoms with Crippen molar-refractivity contribution in [2.24, 2.45) is 5.10 Å². The van der Waals surface area contributed by atoms with Crippen LogP contribution in [0.5, 0.6) is 0 Å². The van der Waals surface area contributed by atoms with Crippen LogP contribution in [-0.4, -0.2) is 111 Å². The number of amides is 3. The lowest BCUT2D eigenvalue weighted by atomic mass is 9.96. The standard InChI is InChI=1S/C18H23NO.C14H10N4O5.C6H8O7/c1-15-9-7-8-12-17(15)18(20-14-13-19(2)3)16-10-5-4-6-11-16;19-13-8-17(14(20)16-13)15-7-11-5-6-12(23-11)9-1-3-10(4-2-9)18(21)22;7-3(8)1-6(13,5(11)12)2-4(9)10/h4-12,18H,13-14H2,1-3H3;1-7H,8H2,(H,16,19,20);13H,1-2H2,(H,7,8)(H,9,10)(H,11,12). The van der Waals surface area contributed by atoms with Gasteiger partial charge in [0.05, 0.1) is 30.6 Å². The Hall–Kier alpha value is -6.76. The molecule has 3 amide bonds. The summed E-state index contributed by atoms with van der Waals surface area (Å²) >= 11 is 0. The molecule has 0 bridgehead atoms. The van der Waals surface area contributed by atoms with E-state index in [9.17, 15) is 34.1 Å². The highest BCUT2D eigenvalue weighted by atomic mass is 16.6. The Labute approximate surface area is 320 Å². The predicted octanol–water partition coefficient (Wildman–Crippen LogP) is 4.15. The van der Waals surface area contributed by atoms with E-state index in [0.29, 0.717) is 17.1 Å². The van der Waals surface area contributed by atoms with E-state index in [-0.39, 0.29) is 18.3 Å². The number of hydrazone groups is 1. The van der Waals surface area contributed by atoms with Crippen molar-refractivity contribution in [2.75, 3.05) is 33.8 Å². The van der Waals surface area contributed by atoms with Crippen molar-refractivity contribution in [3.8, 4) is 11.3 Å². The van der Waals surface area contributed by atoms with E-state index in [1.54, 1.807) is 24.3 Å². The number of hydrogen-bond acceptors (Lipinski definition) is 12. The van der Waals surface area contributed by atoms with Gasteiger partial charge in [-0.2, -0.15) is 5.10 Å². The van der Waals surface area contributed by atoms with Crippen molar-refractivity contribution >= 4 is 41.7 Å². The Balaban J connectivity index is 0.000000235. The fourth-order valence-electron chi connectivity index (χ4n) is 4.92. The number of rotatable bonds is 15. The molecule has 0 spiro atoms. The van der Waals surface area contributed by atoms with Crippen LogP contribution in [0.1, 0.15) is 41.4 Å². The molecule has 0 saturated carbocycles. The number of non-ortho nitro benzene ring substituents is 1. The second-order valence-corrected chi connectivity index (χ2v) is 12.5. The number of aliphatic carboxylic acids is 3. The van der Waals surface area contributed by atoms with Crippen LogP contribution in [0.2, 0.25) is 0 Å². The van der Waals surface area contributed by atoms with Crippen molar-refractivity contribution < 1.29 is 58.5 Å². The number of carboxylic acid groups (broad SMARTS) is 3. The van der Waals surface area contributed by atoms with Gasteiger partial charge in [-0.1, -0.05) is 54.6 Å². The number of carboxylic acids is 3. The third-order valence-electron chi connectivity index (χ3n) is 7.77. The summed E-state index contributed by atoms with van der Waals surface area (Å²) in [5, 5.41) is 51.4. The second kappa shape index (κ2) is 20.6. The number of nitro benzene ring substituents is 1. The van der Waals surface area contributed by atoms with Crippen LogP contribution in [0.25, 0.3) is 11.3 Å². The highest BCUT2D eigenvalue weighted by Crippen LogP contribution is 2.28. The third-order valence-corrected chi connectivity index (χ3v) is 7.77. The Kier molecular flexibility index (Phi) is 16.1. The molecule has 56 heavy (non-hydrogen) atoms. The van der Waals surface area contributed by atoms with Gasteiger partial charge >= 0.3 is 23.9 Å². The smallest absolute Gasteiger partial charge is 0.344 e. The summed E-state index contributed by atoms with van der Waals surface area (Å²) in [6.07, 6.45) is -0.964. The van der Waals surface area contributed by atoms with E-state index in [0.717, 1.165) is 18.2 Å². The molecule has 5 rings (SSSR count). The number of carbonyl (C=O) groups is 5. The summed E-state index contributed by atoms with van der Waals surface area (Å²) in [5.41, 5.74) is 1.65. The van der Waals surface area contributed by atoms with Crippen molar-refractivity contribution in [1.82, 2.24) is 15.2 Å². The maximum Gasteiger partial charge on any atom is 0.344 e. The van der Waals surface area contributed by atoms with Crippen LogP contribution < -0.4 is 5.32 Å². The van der Waals surface area contributed by atoms with Crippen LogP contribution >= 0.6 is 0 Å². The molecule has 0 aliphatic carbocycles. The number of nitrogens with one attached hydrogen (secondary N) is 1. The molecule has 18 heteroatoms. The summed E-state index contributed by atoms with van der Waals surface area (Å²) in [6, 6.07) is 27.5. The largest absolute Gasteiger partial charge is 0.481 e. The highest BCUT2D eigenvalue weighted by Gasteiger charge is 2.40. The van der Waals surface area contributed by atoms with E-state index >= 15 is 0 Å². The lowest BCUT2D eigenvalue weighted by molar-refractivity contribution is -0.384. The average Bonchev–Trinajstić information content (AvgIpc) is 3.74. The van der Waals surface area contributed by atoms with Crippen LogP contribution in [0.15, 0.2) is 101 Å². The van der Waals surface area contributed by atoms with Gasteiger partial charge in [0.2, 0.25) is 5.91 Å². The number of aliphatic hydroxyl groups is 1. The quantitative estimate of drug-likeness (QED) is 0.0492. The van der Waals surface area contributed by atoms with Gasteiger partial charge in [-0.15, -0.1) is 0 Å². The number of urea groups is 1. The first kappa shape index (κ1) is 43.6. The summed E-state index contributed by atoms with van der Waals surface area (Å²) in [7, 11) is 4.13. The SMILES string of the molecule is Cc1ccccc1C(OCCN(C)C)c1ccccc1.O=C(O)CC(O)(CC(=O)O)C(=O)O.O=C1CN(N=Cc2ccc(-c3ccc([N+](=O)[O-])cc3)o2)C(=O)N1. The molecule has 5 N–H and O–H groups in total. The van der Waals surface area contributed by atoms with Crippen molar-refractivity contribution in [3.05, 3.63) is 124 Å². The van der Waals surface area contributed by atoms with Gasteiger partial charge in [0.1, 0.15) is 24.2 Å². The first-order valence-corrected chi connectivity index (χ1v) is 16.7. The van der Waals surface area contributed by atoms with Crippen molar-refractivity contribution in [1.29, 1.82) is 0 Å². The Morgan fingerprint density at radius 2 is 1.57 bits per heavy atom. The topological polar surface area (TPSA) is 263 Å². The molecule has 4 aromatic rings. The summed E-state index contributed by atoms with van der Waals surface area (Å²) < 4.78 is 11.7. The summed E-state index contributed by atoms with van der Waals surface area (Å²) in [5.74, 6) is -4.55. The van der Waals surface area contributed by atoms with Crippen molar-refractivity contribution in [3.63, 3.8) is 0 Å². The highest BCUT2D eigenvalue weighted by molar-refractivity contribution is 6.02. The van der Waals surface area contributed by atoms with E-state index in [2.05, 4.69) is 84.9 Å². The number of nitrogens with zero attached hydrogens (tertiary/aromatic N) is 4. The predicted molar refractivity (Wildman–Crippen MR) is 200 cm³/mol. The van der Waals surface area contributed by atoms with E-state index in [1.807, 2.05) is 6.07 Å². The minimum atomic E-state index is -2.74. The zero-order valence-electron chi connectivity index (χ0n) is 30.6. The average molecular weight is 776 g/mol. The maximum atomic E-state index is 11.3. The molecule has 1 atom stereocenters. The van der Waals surface area contributed by atoms with E-state index in [4.69, 9.17) is 29.6 Å². The molecular weight excluding hydrogens is 734 g/mol. The molecule has 2 heterocycles. The Morgan fingerprint density at radius 1 is 0.964 bits per heavy atom. The number of benzene rings is 3. The molecule has 18 nitrogen and oxygen atoms in total. The number of ether oxygens (including phenoxy) is 1. The summed E-state index contributed by atoms with van der Waals surface area (Å²) in [6.45, 7) is 3.65. The Morgan fingerprint density at radius 3 is 2.09 bits per heavy atom. The molecule has 1 fully saturated rings. The van der Waals surface area contributed by atoms with Gasteiger partial charge in [0.25, 0.3) is 5.69 Å². The minimum Gasteiger partial charge on any atom is -0.481 e. The molecule has 1 aliphatic heterocycles. The molecule has 1 unspecified atom stereocenters. The third kappa shape index (κ3) is 13.6. The fraction of sp³-hybridized carbons (Fsp3) is 0.263. The first-order chi connectivity index (χ1) is 26.5. The zero-order valence-corrected chi connectivity index (χ0v) is 30.6.